The lowest BCUT2D eigenvalue weighted by Crippen LogP contribution is -2.47. The van der Waals surface area contributed by atoms with Gasteiger partial charge in [0.05, 0.1) is 17.5 Å². The third-order valence-corrected chi connectivity index (χ3v) is 6.04. The molecule has 0 saturated carbocycles. The molecule has 3 heterocycles. The van der Waals surface area contributed by atoms with Gasteiger partial charge >= 0.3 is 0 Å². The fraction of sp³-hybridized carbons (Fsp3) is 0.750. The summed E-state index contributed by atoms with van der Waals surface area (Å²) in [6.45, 7) is 7.52. The number of hydrogen-bond donors (Lipinski definition) is 0. The van der Waals surface area contributed by atoms with Crippen LogP contribution in [0.5, 0.6) is 0 Å². The second kappa shape index (κ2) is 6.05. The van der Waals surface area contributed by atoms with Crippen molar-refractivity contribution in [3.05, 3.63) is 16.1 Å². The number of carbonyl (C=O) groups is 1. The summed E-state index contributed by atoms with van der Waals surface area (Å²) in [5.74, 6) is 0.386. The lowest BCUT2D eigenvalue weighted by molar-refractivity contribution is -0.141. The van der Waals surface area contributed by atoms with E-state index in [1.54, 1.807) is 11.3 Å². The molecule has 116 valence electrons. The zero-order valence-electron chi connectivity index (χ0n) is 12.9. The Labute approximate surface area is 130 Å². The van der Waals surface area contributed by atoms with E-state index in [4.69, 9.17) is 4.74 Å². The molecule has 0 aromatic carbocycles. The first-order valence-corrected chi connectivity index (χ1v) is 8.70. The molecule has 1 atom stereocenters. The average molecular weight is 308 g/mol. The van der Waals surface area contributed by atoms with E-state index in [9.17, 15) is 4.79 Å². The van der Waals surface area contributed by atoms with Gasteiger partial charge in [0.2, 0.25) is 5.91 Å². The number of amides is 1. The van der Waals surface area contributed by atoms with Crippen LogP contribution in [0.15, 0.2) is 6.20 Å². The lowest BCUT2D eigenvalue weighted by Gasteiger charge is -2.39. The van der Waals surface area contributed by atoms with Crippen LogP contribution in [0.25, 0.3) is 0 Å². The number of aryl methyl sites for hydroxylation is 1. The van der Waals surface area contributed by atoms with E-state index < -0.39 is 0 Å². The smallest absolute Gasteiger partial charge is 0.228 e. The Morgan fingerprint density at radius 2 is 2.24 bits per heavy atom. The fourth-order valence-corrected chi connectivity index (χ4v) is 4.23. The molecule has 0 aliphatic carbocycles. The Morgan fingerprint density at radius 3 is 2.81 bits per heavy atom. The van der Waals surface area contributed by atoms with Crippen molar-refractivity contribution in [2.75, 3.05) is 26.3 Å². The maximum Gasteiger partial charge on any atom is 0.228 e. The van der Waals surface area contributed by atoms with E-state index in [0.717, 1.165) is 45.4 Å². The van der Waals surface area contributed by atoms with Crippen molar-refractivity contribution in [3.8, 4) is 0 Å². The molecular formula is C16H24N2O2S. The van der Waals surface area contributed by atoms with Gasteiger partial charge in [-0.15, -0.1) is 11.3 Å². The van der Waals surface area contributed by atoms with Gasteiger partial charge < -0.3 is 9.64 Å². The minimum absolute atomic E-state index is 0.0882. The molecule has 2 aliphatic rings. The summed E-state index contributed by atoms with van der Waals surface area (Å²) in [7, 11) is 0. The van der Waals surface area contributed by atoms with Gasteiger partial charge in [0.25, 0.3) is 0 Å². The van der Waals surface area contributed by atoms with Crippen LogP contribution in [0.1, 0.15) is 42.5 Å². The monoisotopic (exact) mass is 308 g/mol. The number of hydrogen-bond acceptors (Lipinski definition) is 4. The van der Waals surface area contributed by atoms with E-state index in [1.165, 1.54) is 9.88 Å². The lowest BCUT2D eigenvalue weighted by atomic mass is 9.80. The van der Waals surface area contributed by atoms with Gasteiger partial charge in [0, 0.05) is 36.2 Å². The maximum atomic E-state index is 12.5. The van der Waals surface area contributed by atoms with Crippen LogP contribution in [0.2, 0.25) is 0 Å². The Kier molecular flexibility index (Phi) is 4.31. The van der Waals surface area contributed by atoms with Crippen molar-refractivity contribution in [1.29, 1.82) is 0 Å². The van der Waals surface area contributed by atoms with Crippen molar-refractivity contribution in [1.82, 2.24) is 9.88 Å². The minimum atomic E-state index is 0.0882. The van der Waals surface area contributed by atoms with Crippen molar-refractivity contribution in [3.63, 3.8) is 0 Å². The third kappa shape index (κ3) is 3.14. The first-order chi connectivity index (χ1) is 10.1. The molecule has 0 radical (unpaired) electrons. The van der Waals surface area contributed by atoms with Gasteiger partial charge in [-0.1, -0.05) is 6.92 Å². The van der Waals surface area contributed by atoms with E-state index in [1.807, 2.05) is 11.1 Å². The third-order valence-electron chi connectivity index (χ3n) is 4.83. The minimum Gasteiger partial charge on any atom is -0.381 e. The number of rotatable bonds is 2. The highest BCUT2D eigenvalue weighted by atomic mass is 32.1. The van der Waals surface area contributed by atoms with Crippen molar-refractivity contribution >= 4 is 17.2 Å². The first-order valence-electron chi connectivity index (χ1n) is 7.88. The molecule has 1 amide bonds. The molecule has 1 unspecified atom stereocenters. The Morgan fingerprint density at radius 1 is 1.48 bits per heavy atom. The second-order valence-electron chi connectivity index (χ2n) is 6.58. The number of piperidine rings is 1. The average Bonchev–Trinajstić information content (AvgIpc) is 2.96. The van der Waals surface area contributed by atoms with Crippen molar-refractivity contribution in [2.24, 2.45) is 5.92 Å². The summed E-state index contributed by atoms with van der Waals surface area (Å²) in [6, 6.07) is 0. The zero-order chi connectivity index (χ0) is 14.9. The summed E-state index contributed by atoms with van der Waals surface area (Å²) < 4.78 is 5.45. The zero-order valence-corrected chi connectivity index (χ0v) is 13.7. The largest absolute Gasteiger partial charge is 0.381 e. The topological polar surface area (TPSA) is 42.4 Å². The standard InChI is InChI=1S/C16H24N2O2S/c1-12-10-17-15(21-12)16(2)5-7-18(8-6-16)14(19)13-4-3-9-20-11-13/h10,13H,3-9,11H2,1-2H3. The van der Waals surface area contributed by atoms with Crippen LogP contribution in [0.4, 0.5) is 0 Å². The SMILES string of the molecule is Cc1cnc(C2(C)CCN(C(=O)C3CCCOC3)CC2)s1. The molecule has 5 heteroatoms. The molecule has 0 bridgehead atoms. The van der Waals surface area contributed by atoms with E-state index in [-0.39, 0.29) is 11.3 Å². The summed E-state index contributed by atoms with van der Waals surface area (Å²) >= 11 is 1.80. The number of thiazole rings is 1. The Hall–Kier alpha value is -0.940. The Bertz CT molecular complexity index is 500. The number of ether oxygens (including phenoxy) is 1. The maximum absolute atomic E-state index is 12.5. The highest BCUT2D eigenvalue weighted by molar-refractivity contribution is 7.11. The summed E-state index contributed by atoms with van der Waals surface area (Å²) in [6.07, 6.45) is 5.99. The molecular weight excluding hydrogens is 284 g/mol. The van der Waals surface area contributed by atoms with Gasteiger partial charge in [-0.2, -0.15) is 0 Å². The van der Waals surface area contributed by atoms with E-state index in [0.29, 0.717) is 12.5 Å². The first kappa shape index (κ1) is 15.0. The van der Waals surface area contributed by atoms with E-state index in [2.05, 4.69) is 18.8 Å². The summed E-state index contributed by atoms with van der Waals surface area (Å²) in [5, 5.41) is 1.23. The molecule has 21 heavy (non-hydrogen) atoms. The van der Waals surface area contributed by atoms with Gasteiger partial charge in [-0.25, -0.2) is 4.98 Å². The molecule has 1 aromatic heterocycles. The highest BCUT2D eigenvalue weighted by Crippen LogP contribution is 2.37. The van der Waals surface area contributed by atoms with Gasteiger partial charge in [0.1, 0.15) is 0 Å². The predicted molar refractivity (Wildman–Crippen MR) is 83.6 cm³/mol. The van der Waals surface area contributed by atoms with Crippen LogP contribution in [0.3, 0.4) is 0 Å². The van der Waals surface area contributed by atoms with Crippen LogP contribution in [0, 0.1) is 12.8 Å². The number of nitrogens with zero attached hydrogens (tertiary/aromatic N) is 2. The quantitative estimate of drug-likeness (QED) is 0.843. The highest BCUT2D eigenvalue weighted by Gasteiger charge is 2.37. The molecule has 0 spiro atoms. The molecule has 0 N–H and O–H groups in total. The summed E-state index contributed by atoms with van der Waals surface area (Å²) in [4.78, 5) is 20.4. The van der Waals surface area contributed by atoms with Crippen LogP contribution in [-0.2, 0) is 14.9 Å². The molecule has 4 nitrogen and oxygen atoms in total. The van der Waals surface area contributed by atoms with Crippen molar-refractivity contribution < 1.29 is 9.53 Å². The molecule has 1 aromatic rings. The normalized spacial score (nSPS) is 25.8. The van der Waals surface area contributed by atoms with E-state index >= 15 is 0 Å². The second-order valence-corrected chi connectivity index (χ2v) is 7.81. The number of aromatic nitrogens is 1. The van der Waals surface area contributed by atoms with Crippen LogP contribution >= 0.6 is 11.3 Å². The molecule has 3 rings (SSSR count). The molecule has 2 fully saturated rings. The molecule has 2 aliphatic heterocycles. The number of carbonyl (C=O) groups excluding carboxylic acids is 1. The van der Waals surface area contributed by atoms with Gasteiger partial charge in [-0.3, -0.25) is 4.79 Å². The van der Waals surface area contributed by atoms with Gasteiger partial charge in [0.15, 0.2) is 0 Å². The predicted octanol–water partition coefficient (Wildman–Crippen LogP) is 2.76. The molecule has 2 saturated heterocycles. The van der Waals surface area contributed by atoms with Crippen LogP contribution in [-0.4, -0.2) is 42.1 Å². The van der Waals surface area contributed by atoms with Crippen LogP contribution < -0.4 is 0 Å². The fourth-order valence-electron chi connectivity index (χ4n) is 3.26. The summed E-state index contributed by atoms with van der Waals surface area (Å²) in [5.41, 5.74) is 0.138. The van der Waals surface area contributed by atoms with Crippen molar-refractivity contribution in [2.45, 2.75) is 44.9 Å². The number of likely N-dealkylation sites (tertiary alicyclic amines) is 1. The van der Waals surface area contributed by atoms with Gasteiger partial charge in [-0.05, 0) is 32.6 Å². The Balaban J connectivity index is 1.60.